The van der Waals surface area contributed by atoms with Crippen LogP contribution in [-0.2, 0) is 13.2 Å². The van der Waals surface area contributed by atoms with Crippen molar-refractivity contribution in [1.82, 2.24) is 10.2 Å². The van der Waals surface area contributed by atoms with Crippen LogP contribution < -0.4 is 10.1 Å². The molecule has 2 aromatic carbocycles. The summed E-state index contributed by atoms with van der Waals surface area (Å²) in [5.41, 5.74) is 3.72. The molecule has 0 amide bonds. The molecule has 29 heavy (non-hydrogen) atoms. The summed E-state index contributed by atoms with van der Waals surface area (Å²) < 4.78 is 6.10. The number of para-hydroxylation sites is 1. The second-order valence-corrected chi connectivity index (χ2v) is 7.96. The molecular weight excluding hydrogens is 356 g/mol. The molecule has 0 unspecified atom stereocenters. The first-order valence-corrected chi connectivity index (χ1v) is 11.4. The van der Waals surface area contributed by atoms with Gasteiger partial charge in [-0.3, -0.25) is 0 Å². The fourth-order valence-electron chi connectivity index (χ4n) is 3.39. The van der Waals surface area contributed by atoms with Gasteiger partial charge in [-0.1, -0.05) is 74.7 Å². The van der Waals surface area contributed by atoms with Crippen molar-refractivity contribution in [2.75, 3.05) is 26.2 Å². The molecule has 0 aliphatic carbocycles. The summed E-state index contributed by atoms with van der Waals surface area (Å²) in [6.07, 6.45) is 6.37. The van der Waals surface area contributed by atoms with Crippen LogP contribution in [0.1, 0.15) is 62.6 Å². The second kappa shape index (κ2) is 14.2. The Balaban J connectivity index is 1.73. The molecule has 1 N–H and O–H groups in total. The van der Waals surface area contributed by atoms with E-state index >= 15 is 0 Å². The van der Waals surface area contributed by atoms with Gasteiger partial charge in [0.2, 0.25) is 0 Å². The molecule has 0 aliphatic heterocycles. The zero-order valence-corrected chi connectivity index (χ0v) is 18.8. The van der Waals surface area contributed by atoms with E-state index in [1.807, 2.05) is 6.07 Å². The zero-order chi connectivity index (χ0) is 20.7. The van der Waals surface area contributed by atoms with Gasteiger partial charge in [0, 0.05) is 12.1 Å². The number of hydrogen-bond acceptors (Lipinski definition) is 3. The van der Waals surface area contributed by atoms with Crippen molar-refractivity contribution in [2.24, 2.45) is 0 Å². The number of nitrogens with zero attached hydrogens (tertiary/aromatic N) is 1. The predicted octanol–water partition coefficient (Wildman–Crippen LogP) is 5.96. The number of ether oxygens (including phenoxy) is 1. The summed E-state index contributed by atoms with van der Waals surface area (Å²) in [4.78, 5) is 2.63. The highest BCUT2D eigenvalue weighted by molar-refractivity contribution is 5.33. The van der Waals surface area contributed by atoms with Crippen LogP contribution in [0.3, 0.4) is 0 Å². The van der Waals surface area contributed by atoms with Crippen LogP contribution in [0.5, 0.6) is 5.75 Å². The van der Waals surface area contributed by atoms with Crippen LogP contribution in [0.15, 0.2) is 48.5 Å². The smallest absolute Gasteiger partial charge is 0.124 e. The maximum atomic E-state index is 6.10. The first-order valence-electron chi connectivity index (χ1n) is 11.4. The molecule has 2 rings (SSSR count). The molecule has 0 fully saturated rings. The Kier molecular flexibility index (Phi) is 11.5. The van der Waals surface area contributed by atoms with Crippen molar-refractivity contribution in [2.45, 2.75) is 66.0 Å². The van der Waals surface area contributed by atoms with E-state index in [0.717, 1.165) is 18.8 Å². The summed E-state index contributed by atoms with van der Waals surface area (Å²) in [5.74, 6) is 0.980. The zero-order valence-electron chi connectivity index (χ0n) is 18.8. The highest BCUT2D eigenvalue weighted by Gasteiger charge is 2.05. The SMILES string of the molecule is CCCCN(CCCC)CCCNCc1ccccc1OCc1ccc(C)cc1. The third-order valence-electron chi connectivity index (χ3n) is 5.29. The second-order valence-electron chi connectivity index (χ2n) is 7.96. The molecule has 0 atom stereocenters. The topological polar surface area (TPSA) is 24.5 Å². The molecule has 0 spiro atoms. The predicted molar refractivity (Wildman–Crippen MR) is 125 cm³/mol. The summed E-state index contributed by atoms with van der Waals surface area (Å²) in [6.45, 7) is 12.8. The van der Waals surface area contributed by atoms with E-state index in [0.29, 0.717) is 6.61 Å². The van der Waals surface area contributed by atoms with Crippen LogP contribution in [-0.4, -0.2) is 31.1 Å². The quantitative estimate of drug-likeness (QED) is 0.376. The number of aryl methyl sites for hydroxylation is 1. The lowest BCUT2D eigenvalue weighted by atomic mass is 10.1. The van der Waals surface area contributed by atoms with E-state index in [2.05, 4.69) is 73.5 Å². The summed E-state index contributed by atoms with van der Waals surface area (Å²) >= 11 is 0. The molecule has 3 nitrogen and oxygen atoms in total. The molecule has 3 heteroatoms. The van der Waals surface area contributed by atoms with Gasteiger partial charge in [-0.15, -0.1) is 0 Å². The van der Waals surface area contributed by atoms with Gasteiger partial charge in [0.1, 0.15) is 12.4 Å². The third-order valence-corrected chi connectivity index (χ3v) is 5.29. The molecule has 0 bridgehead atoms. The Morgan fingerprint density at radius 2 is 1.48 bits per heavy atom. The normalized spacial score (nSPS) is 11.2. The first kappa shape index (κ1) is 23.4. The Hall–Kier alpha value is -1.84. The van der Waals surface area contributed by atoms with Crippen molar-refractivity contribution in [3.05, 3.63) is 65.2 Å². The lowest BCUT2D eigenvalue weighted by molar-refractivity contribution is 0.260. The van der Waals surface area contributed by atoms with Gasteiger partial charge in [0.25, 0.3) is 0 Å². The number of nitrogens with one attached hydrogen (secondary N) is 1. The number of hydrogen-bond donors (Lipinski definition) is 1. The highest BCUT2D eigenvalue weighted by atomic mass is 16.5. The maximum Gasteiger partial charge on any atom is 0.124 e. The minimum Gasteiger partial charge on any atom is -0.489 e. The molecule has 0 aromatic heterocycles. The highest BCUT2D eigenvalue weighted by Crippen LogP contribution is 2.19. The van der Waals surface area contributed by atoms with Gasteiger partial charge in [-0.2, -0.15) is 0 Å². The molecule has 0 aliphatic rings. The van der Waals surface area contributed by atoms with Gasteiger partial charge >= 0.3 is 0 Å². The Morgan fingerprint density at radius 3 is 2.17 bits per heavy atom. The lowest BCUT2D eigenvalue weighted by Gasteiger charge is -2.22. The number of benzene rings is 2. The molecule has 0 saturated carbocycles. The van der Waals surface area contributed by atoms with Crippen molar-refractivity contribution in [3.8, 4) is 5.75 Å². The van der Waals surface area contributed by atoms with Gasteiger partial charge in [0.05, 0.1) is 0 Å². The molecular formula is C26H40N2O. The average Bonchev–Trinajstić information content (AvgIpc) is 2.75. The molecule has 0 saturated heterocycles. The van der Waals surface area contributed by atoms with Crippen LogP contribution in [0.4, 0.5) is 0 Å². The van der Waals surface area contributed by atoms with E-state index in [9.17, 15) is 0 Å². The van der Waals surface area contributed by atoms with Gasteiger partial charge in [0.15, 0.2) is 0 Å². The average molecular weight is 397 g/mol. The first-order chi connectivity index (χ1) is 14.2. The van der Waals surface area contributed by atoms with E-state index in [1.54, 1.807) is 0 Å². The summed E-state index contributed by atoms with van der Waals surface area (Å²) in [7, 11) is 0. The standard InChI is InChI=1S/C26H40N2O/c1-4-6-18-28(19-7-5-2)20-10-17-27-21-25-11-8-9-12-26(25)29-22-24-15-13-23(3)14-16-24/h8-9,11-16,27H,4-7,10,17-22H2,1-3H3. The number of unbranched alkanes of at least 4 members (excludes halogenated alkanes) is 2. The van der Waals surface area contributed by atoms with Crippen molar-refractivity contribution >= 4 is 0 Å². The van der Waals surface area contributed by atoms with Gasteiger partial charge < -0.3 is 15.0 Å². The molecule has 0 radical (unpaired) electrons. The Bertz CT molecular complexity index is 661. The molecule has 2 aromatic rings. The van der Waals surface area contributed by atoms with Crippen LogP contribution >= 0.6 is 0 Å². The van der Waals surface area contributed by atoms with Crippen molar-refractivity contribution in [1.29, 1.82) is 0 Å². The summed E-state index contributed by atoms with van der Waals surface area (Å²) in [5, 5.41) is 3.61. The van der Waals surface area contributed by atoms with Crippen LogP contribution in [0.25, 0.3) is 0 Å². The van der Waals surface area contributed by atoms with Gasteiger partial charge in [-0.25, -0.2) is 0 Å². The molecule has 0 heterocycles. The monoisotopic (exact) mass is 396 g/mol. The van der Waals surface area contributed by atoms with Crippen LogP contribution in [0.2, 0.25) is 0 Å². The van der Waals surface area contributed by atoms with Crippen LogP contribution in [0, 0.1) is 6.92 Å². The minimum absolute atomic E-state index is 0.612. The van der Waals surface area contributed by atoms with Crippen molar-refractivity contribution in [3.63, 3.8) is 0 Å². The molecule has 160 valence electrons. The largest absolute Gasteiger partial charge is 0.489 e. The third kappa shape index (κ3) is 9.47. The number of rotatable bonds is 15. The maximum absolute atomic E-state index is 6.10. The van der Waals surface area contributed by atoms with E-state index in [4.69, 9.17) is 4.74 Å². The fraction of sp³-hybridized carbons (Fsp3) is 0.538. The van der Waals surface area contributed by atoms with E-state index < -0.39 is 0 Å². The lowest BCUT2D eigenvalue weighted by Crippen LogP contribution is -2.29. The minimum atomic E-state index is 0.612. The summed E-state index contributed by atoms with van der Waals surface area (Å²) in [6, 6.07) is 16.9. The van der Waals surface area contributed by atoms with Gasteiger partial charge in [-0.05, 0) is 64.0 Å². The van der Waals surface area contributed by atoms with Crippen molar-refractivity contribution < 1.29 is 4.74 Å². The Morgan fingerprint density at radius 1 is 0.828 bits per heavy atom. The fourth-order valence-corrected chi connectivity index (χ4v) is 3.39. The van der Waals surface area contributed by atoms with E-state index in [1.165, 1.54) is 68.4 Å². The Labute approximate surface area is 178 Å². The van der Waals surface area contributed by atoms with E-state index in [-0.39, 0.29) is 0 Å².